The van der Waals surface area contributed by atoms with E-state index in [1.165, 1.54) is 16.2 Å². The van der Waals surface area contributed by atoms with Crippen molar-refractivity contribution in [3.8, 4) is 0 Å². The molecule has 2 amide bonds. The largest absolute Gasteiger partial charge is 0.480 e. The van der Waals surface area contributed by atoms with Crippen LogP contribution < -0.4 is 5.73 Å². The number of aryl methyl sites for hydroxylation is 1. The summed E-state index contributed by atoms with van der Waals surface area (Å²) in [6.45, 7) is 6.28. The Morgan fingerprint density at radius 2 is 1.97 bits per heavy atom. The van der Waals surface area contributed by atoms with E-state index in [1.807, 2.05) is 13.0 Å². The lowest BCUT2D eigenvalue weighted by Gasteiger charge is -2.43. The first-order valence-corrected chi connectivity index (χ1v) is 11.3. The monoisotopic (exact) mass is 461 g/mol. The zero-order valence-corrected chi connectivity index (χ0v) is 19.1. The molecule has 1 aliphatic heterocycles. The normalized spacial score (nSPS) is 23.1. The Balaban J connectivity index is 1.57. The minimum absolute atomic E-state index is 0.0574. The fourth-order valence-electron chi connectivity index (χ4n) is 4.52. The number of nitrogens with two attached hydrogens (primary N) is 1. The number of carboxylic acid groups (broad SMARTS) is 1. The van der Waals surface area contributed by atoms with Crippen LogP contribution in [0.15, 0.2) is 18.2 Å². The number of amides is 2. The van der Waals surface area contributed by atoms with Crippen LogP contribution >= 0.6 is 22.9 Å². The van der Waals surface area contributed by atoms with Gasteiger partial charge in [0.2, 0.25) is 0 Å². The lowest BCUT2D eigenvalue weighted by molar-refractivity contribution is -0.144. The highest BCUT2D eigenvalue weighted by atomic mass is 35.5. The van der Waals surface area contributed by atoms with E-state index in [4.69, 9.17) is 17.3 Å². The zero-order valence-electron chi connectivity index (χ0n) is 17.6. The number of fused-ring (bicyclic) bond motifs is 1. The number of carbonyl (C=O) groups is 3. The molecule has 0 bridgehead atoms. The number of benzene rings is 1. The predicted molar refractivity (Wildman–Crippen MR) is 119 cm³/mol. The van der Waals surface area contributed by atoms with Crippen molar-refractivity contribution in [1.29, 1.82) is 0 Å². The molecule has 1 aromatic carbocycles. The number of aliphatic carboxylic acids is 1. The molecule has 1 saturated carbocycles. The summed E-state index contributed by atoms with van der Waals surface area (Å²) < 4.78 is 0. The van der Waals surface area contributed by atoms with E-state index in [1.54, 1.807) is 12.1 Å². The summed E-state index contributed by atoms with van der Waals surface area (Å²) in [6, 6.07) is 4.84. The minimum atomic E-state index is -1.40. The highest BCUT2D eigenvalue weighted by molar-refractivity contribution is 7.15. The molecule has 7 nitrogen and oxygen atoms in total. The molecule has 1 aromatic heterocycles. The molecule has 0 radical (unpaired) electrons. The van der Waals surface area contributed by atoms with E-state index in [9.17, 15) is 19.5 Å². The highest BCUT2D eigenvalue weighted by Crippen LogP contribution is 2.44. The number of hydrogen-bond acceptors (Lipinski definition) is 6. The second kappa shape index (κ2) is 7.31. The van der Waals surface area contributed by atoms with Crippen molar-refractivity contribution in [2.75, 3.05) is 5.73 Å². The number of halogens is 1. The Labute approximate surface area is 189 Å². The summed E-state index contributed by atoms with van der Waals surface area (Å²) in [6.07, 6.45) is 1.56. The van der Waals surface area contributed by atoms with E-state index in [-0.39, 0.29) is 30.1 Å². The molecular formula is C22H24ClN3O4S. The summed E-state index contributed by atoms with van der Waals surface area (Å²) in [7, 11) is 0. The number of anilines is 1. The van der Waals surface area contributed by atoms with Gasteiger partial charge in [-0.3, -0.25) is 19.3 Å². The smallest absolute Gasteiger partial charge is 0.324 e. The van der Waals surface area contributed by atoms with Crippen molar-refractivity contribution >= 4 is 45.9 Å². The molecule has 31 heavy (non-hydrogen) atoms. The van der Waals surface area contributed by atoms with Gasteiger partial charge in [-0.15, -0.1) is 22.9 Å². The first kappa shape index (κ1) is 21.8. The van der Waals surface area contributed by atoms with Crippen LogP contribution in [0.3, 0.4) is 0 Å². The van der Waals surface area contributed by atoms with E-state index < -0.39 is 16.9 Å². The van der Waals surface area contributed by atoms with Crippen LogP contribution in [-0.4, -0.2) is 43.7 Å². The van der Waals surface area contributed by atoms with Crippen molar-refractivity contribution in [3.63, 3.8) is 0 Å². The van der Waals surface area contributed by atoms with Crippen LogP contribution in [0.2, 0.25) is 0 Å². The van der Waals surface area contributed by atoms with Gasteiger partial charge in [0.25, 0.3) is 11.8 Å². The summed E-state index contributed by atoms with van der Waals surface area (Å²) >= 11 is 7.53. The standard InChI is InChI=1S/C22H24ClN3O4S/c1-4-15-16(31-20(24)25-15)21(2,3)8-11-5-6-13-14(7-11)18(28)26(17(13)27)12-9-22(23,10-12)19(29)30/h5-7,12H,4,8-10H2,1-3H3,(H2,24,25)(H,29,30). The van der Waals surface area contributed by atoms with Crippen LogP contribution in [0.1, 0.15) is 70.5 Å². The van der Waals surface area contributed by atoms with E-state index in [2.05, 4.69) is 18.8 Å². The average Bonchev–Trinajstić information content (AvgIpc) is 3.17. The van der Waals surface area contributed by atoms with Gasteiger partial charge in [0.1, 0.15) is 4.87 Å². The number of nitrogen functional groups attached to an aromatic ring is 1. The molecule has 0 atom stereocenters. The highest BCUT2D eigenvalue weighted by Gasteiger charge is 2.55. The molecule has 0 spiro atoms. The van der Waals surface area contributed by atoms with Gasteiger partial charge in [-0.1, -0.05) is 26.8 Å². The van der Waals surface area contributed by atoms with Gasteiger partial charge in [0.05, 0.1) is 16.8 Å². The number of carbonyl (C=O) groups excluding carboxylic acids is 2. The third-order valence-corrected chi connectivity index (χ3v) is 7.92. The van der Waals surface area contributed by atoms with Crippen LogP contribution in [0.25, 0.3) is 0 Å². The maximum absolute atomic E-state index is 13.0. The third-order valence-electron chi connectivity index (χ3n) is 6.16. The summed E-state index contributed by atoms with van der Waals surface area (Å²) in [5.74, 6) is -1.89. The quantitative estimate of drug-likeness (QED) is 0.501. The number of rotatable bonds is 6. The van der Waals surface area contributed by atoms with E-state index in [0.29, 0.717) is 22.7 Å². The van der Waals surface area contributed by atoms with Crippen molar-refractivity contribution in [2.45, 2.75) is 62.8 Å². The predicted octanol–water partition coefficient (Wildman–Crippen LogP) is 3.63. The molecule has 2 heterocycles. The first-order valence-electron chi connectivity index (χ1n) is 10.2. The SMILES string of the molecule is CCc1nc(N)sc1C(C)(C)Cc1ccc2c(c1)C(=O)N(C1CC(Cl)(C(=O)O)C1)C2=O. The van der Waals surface area contributed by atoms with Crippen molar-refractivity contribution < 1.29 is 19.5 Å². The topological polar surface area (TPSA) is 114 Å². The molecule has 9 heteroatoms. The van der Waals surface area contributed by atoms with Crippen LogP contribution in [0, 0.1) is 0 Å². The number of alkyl halides is 1. The lowest BCUT2D eigenvalue weighted by Crippen LogP contribution is -2.57. The first-order chi connectivity index (χ1) is 14.5. The minimum Gasteiger partial charge on any atom is -0.480 e. The summed E-state index contributed by atoms with van der Waals surface area (Å²) in [5, 5.41) is 9.75. The molecule has 1 aliphatic carbocycles. The molecule has 164 valence electrons. The van der Waals surface area contributed by atoms with Gasteiger partial charge in [-0.2, -0.15) is 0 Å². The lowest BCUT2D eigenvalue weighted by atomic mass is 9.78. The number of carboxylic acids is 1. The summed E-state index contributed by atoms with van der Waals surface area (Å²) in [5.41, 5.74) is 8.32. The zero-order chi connectivity index (χ0) is 22.7. The average molecular weight is 462 g/mol. The molecule has 0 saturated heterocycles. The van der Waals surface area contributed by atoms with Gasteiger partial charge in [0, 0.05) is 16.3 Å². The number of imide groups is 1. The molecule has 0 unspecified atom stereocenters. The van der Waals surface area contributed by atoms with Gasteiger partial charge in [0.15, 0.2) is 5.13 Å². The number of hydrogen-bond donors (Lipinski definition) is 2. The van der Waals surface area contributed by atoms with Crippen LogP contribution in [-0.2, 0) is 23.1 Å². The molecule has 2 aromatic rings. The Morgan fingerprint density at radius 1 is 1.32 bits per heavy atom. The number of thiazole rings is 1. The van der Waals surface area contributed by atoms with Gasteiger partial charge < -0.3 is 10.8 Å². The van der Waals surface area contributed by atoms with E-state index >= 15 is 0 Å². The third kappa shape index (κ3) is 3.51. The molecule has 2 aliphatic rings. The fourth-order valence-corrected chi connectivity index (χ4v) is 5.90. The molecule has 4 rings (SSSR count). The van der Waals surface area contributed by atoms with Crippen molar-refractivity contribution in [2.24, 2.45) is 0 Å². The fraction of sp³-hybridized carbons (Fsp3) is 0.455. The Kier molecular flexibility index (Phi) is 5.13. The van der Waals surface area contributed by atoms with Gasteiger partial charge >= 0.3 is 5.97 Å². The Bertz CT molecular complexity index is 1100. The molecule has 3 N–H and O–H groups in total. The number of nitrogens with zero attached hydrogens (tertiary/aromatic N) is 2. The second-order valence-corrected chi connectivity index (χ2v) is 10.7. The molecular weight excluding hydrogens is 438 g/mol. The van der Waals surface area contributed by atoms with Crippen LogP contribution in [0.4, 0.5) is 5.13 Å². The van der Waals surface area contributed by atoms with Gasteiger partial charge in [-0.05, 0) is 43.4 Å². The molecule has 1 fully saturated rings. The Hall–Kier alpha value is -2.45. The second-order valence-electron chi connectivity index (χ2n) is 8.93. The van der Waals surface area contributed by atoms with Crippen molar-refractivity contribution in [3.05, 3.63) is 45.5 Å². The maximum Gasteiger partial charge on any atom is 0.324 e. The number of aromatic nitrogens is 1. The van der Waals surface area contributed by atoms with Crippen molar-refractivity contribution in [1.82, 2.24) is 9.88 Å². The van der Waals surface area contributed by atoms with E-state index in [0.717, 1.165) is 22.6 Å². The Morgan fingerprint density at radius 3 is 2.58 bits per heavy atom. The summed E-state index contributed by atoms with van der Waals surface area (Å²) in [4.78, 5) is 42.4. The maximum atomic E-state index is 13.0. The van der Waals surface area contributed by atoms with Crippen LogP contribution in [0.5, 0.6) is 0 Å². The van der Waals surface area contributed by atoms with Gasteiger partial charge in [-0.25, -0.2) is 4.98 Å².